The number of aromatic amines is 1. The van der Waals surface area contributed by atoms with Gasteiger partial charge in [-0.15, -0.1) is 0 Å². The number of hydrogen-bond donors (Lipinski definition) is 2. The number of nitrogens with zero attached hydrogens (tertiary/aromatic N) is 3. The normalized spacial score (nSPS) is 13.0. The Balaban J connectivity index is 2.08. The standard InChI is InChI=1S/C13H15N5/c1-18-5-4-15-13(18)10(7-14)9-2-3-11-12(6-9)17-8-16-11/h2-6,8,10H,7,14H2,1H3,(H,16,17). The number of rotatable bonds is 3. The van der Waals surface area contributed by atoms with Gasteiger partial charge in [0.15, 0.2) is 0 Å². The molecule has 0 aliphatic carbocycles. The zero-order valence-electron chi connectivity index (χ0n) is 10.2. The van der Waals surface area contributed by atoms with E-state index in [1.165, 1.54) is 0 Å². The molecular formula is C13H15N5. The number of fused-ring (bicyclic) bond motifs is 1. The molecule has 0 fully saturated rings. The first-order valence-corrected chi connectivity index (χ1v) is 5.90. The molecule has 0 saturated heterocycles. The Kier molecular flexibility index (Phi) is 2.60. The van der Waals surface area contributed by atoms with E-state index in [4.69, 9.17) is 5.73 Å². The van der Waals surface area contributed by atoms with Crippen LogP contribution < -0.4 is 5.73 Å². The second-order valence-corrected chi connectivity index (χ2v) is 4.36. The maximum Gasteiger partial charge on any atom is 0.117 e. The van der Waals surface area contributed by atoms with Crippen molar-refractivity contribution in [3.8, 4) is 0 Å². The predicted molar refractivity (Wildman–Crippen MR) is 70.2 cm³/mol. The van der Waals surface area contributed by atoms with Crippen LogP contribution in [0, 0.1) is 0 Å². The highest BCUT2D eigenvalue weighted by atomic mass is 15.0. The van der Waals surface area contributed by atoms with Gasteiger partial charge in [-0.3, -0.25) is 0 Å². The summed E-state index contributed by atoms with van der Waals surface area (Å²) in [6.07, 6.45) is 5.44. The molecule has 5 heteroatoms. The van der Waals surface area contributed by atoms with Gasteiger partial charge in [0, 0.05) is 26.0 Å². The Labute approximate surface area is 105 Å². The number of nitrogens with one attached hydrogen (secondary N) is 1. The summed E-state index contributed by atoms with van der Waals surface area (Å²) in [6, 6.07) is 6.16. The highest BCUT2D eigenvalue weighted by Crippen LogP contribution is 2.24. The molecule has 0 radical (unpaired) electrons. The van der Waals surface area contributed by atoms with E-state index in [0.29, 0.717) is 6.54 Å². The second kappa shape index (κ2) is 4.27. The van der Waals surface area contributed by atoms with E-state index in [9.17, 15) is 0 Å². The monoisotopic (exact) mass is 241 g/mol. The van der Waals surface area contributed by atoms with Gasteiger partial charge in [-0.1, -0.05) is 6.07 Å². The van der Waals surface area contributed by atoms with E-state index in [1.54, 1.807) is 12.5 Å². The van der Waals surface area contributed by atoms with E-state index in [1.807, 2.05) is 23.9 Å². The van der Waals surface area contributed by atoms with Crippen molar-refractivity contribution in [1.29, 1.82) is 0 Å². The fourth-order valence-electron chi connectivity index (χ4n) is 2.27. The Bertz CT molecular complexity index is 667. The van der Waals surface area contributed by atoms with Crippen LogP contribution in [-0.2, 0) is 7.05 Å². The summed E-state index contributed by atoms with van der Waals surface area (Å²) < 4.78 is 2.01. The summed E-state index contributed by atoms with van der Waals surface area (Å²) >= 11 is 0. The number of hydrogen-bond acceptors (Lipinski definition) is 3. The molecule has 0 bridgehead atoms. The molecule has 3 N–H and O–H groups in total. The van der Waals surface area contributed by atoms with Crippen molar-refractivity contribution in [1.82, 2.24) is 19.5 Å². The first-order chi connectivity index (χ1) is 8.79. The SMILES string of the molecule is Cn1ccnc1C(CN)c1ccc2nc[nH]c2c1. The average molecular weight is 241 g/mol. The quantitative estimate of drug-likeness (QED) is 0.727. The fraction of sp³-hybridized carbons (Fsp3) is 0.231. The molecule has 3 rings (SSSR count). The molecule has 3 aromatic rings. The number of aromatic nitrogens is 4. The number of H-pyrrole nitrogens is 1. The van der Waals surface area contributed by atoms with Crippen LogP contribution in [0.4, 0.5) is 0 Å². The molecule has 5 nitrogen and oxygen atoms in total. The Morgan fingerprint density at radius 1 is 1.39 bits per heavy atom. The third-order valence-electron chi connectivity index (χ3n) is 3.25. The van der Waals surface area contributed by atoms with Crippen LogP contribution in [0.25, 0.3) is 11.0 Å². The lowest BCUT2D eigenvalue weighted by Crippen LogP contribution is -2.17. The Hall–Kier alpha value is -2.14. The number of imidazole rings is 2. The van der Waals surface area contributed by atoms with E-state index < -0.39 is 0 Å². The van der Waals surface area contributed by atoms with Crippen LogP contribution in [0.5, 0.6) is 0 Å². The van der Waals surface area contributed by atoms with E-state index in [-0.39, 0.29) is 5.92 Å². The Morgan fingerprint density at radius 3 is 3.00 bits per heavy atom. The molecule has 0 saturated carbocycles. The maximum atomic E-state index is 5.91. The lowest BCUT2D eigenvalue weighted by atomic mass is 9.98. The largest absolute Gasteiger partial charge is 0.345 e. The topological polar surface area (TPSA) is 72.5 Å². The van der Waals surface area contributed by atoms with Gasteiger partial charge in [-0.05, 0) is 17.7 Å². The molecule has 2 aromatic heterocycles. The number of aryl methyl sites for hydroxylation is 1. The molecule has 0 aliphatic rings. The molecule has 1 unspecified atom stereocenters. The summed E-state index contributed by atoms with van der Waals surface area (Å²) in [5, 5.41) is 0. The molecule has 0 aliphatic heterocycles. The summed E-state index contributed by atoms with van der Waals surface area (Å²) in [4.78, 5) is 11.7. The average Bonchev–Trinajstić information content (AvgIpc) is 2.99. The van der Waals surface area contributed by atoms with Crippen molar-refractivity contribution in [3.63, 3.8) is 0 Å². The molecule has 0 amide bonds. The first-order valence-electron chi connectivity index (χ1n) is 5.90. The van der Waals surface area contributed by atoms with Crippen LogP contribution in [0.3, 0.4) is 0 Å². The van der Waals surface area contributed by atoms with Crippen molar-refractivity contribution in [2.45, 2.75) is 5.92 Å². The Morgan fingerprint density at radius 2 is 2.28 bits per heavy atom. The molecule has 1 atom stereocenters. The second-order valence-electron chi connectivity index (χ2n) is 4.36. The zero-order chi connectivity index (χ0) is 12.5. The lowest BCUT2D eigenvalue weighted by Gasteiger charge is -2.15. The fourth-order valence-corrected chi connectivity index (χ4v) is 2.27. The minimum Gasteiger partial charge on any atom is -0.345 e. The highest BCUT2D eigenvalue weighted by Gasteiger charge is 2.17. The summed E-state index contributed by atoms with van der Waals surface area (Å²) in [5.74, 6) is 1.09. The van der Waals surface area contributed by atoms with Crippen molar-refractivity contribution >= 4 is 11.0 Å². The van der Waals surface area contributed by atoms with Crippen LogP contribution in [0.2, 0.25) is 0 Å². The van der Waals surface area contributed by atoms with Crippen LogP contribution in [-0.4, -0.2) is 26.1 Å². The molecule has 92 valence electrons. The molecule has 0 spiro atoms. The van der Waals surface area contributed by atoms with Gasteiger partial charge in [-0.2, -0.15) is 0 Å². The lowest BCUT2D eigenvalue weighted by molar-refractivity contribution is 0.699. The van der Waals surface area contributed by atoms with Crippen LogP contribution >= 0.6 is 0 Å². The summed E-state index contributed by atoms with van der Waals surface area (Å²) in [7, 11) is 1.99. The van der Waals surface area contributed by atoms with Crippen molar-refractivity contribution in [3.05, 3.63) is 48.3 Å². The molecule has 2 heterocycles. The smallest absolute Gasteiger partial charge is 0.117 e. The van der Waals surface area contributed by atoms with Gasteiger partial charge < -0.3 is 15.3 Å². The van der Waals surface area contributed by atoms with E-state index in [0.717, 1.165) is 22.4 Å². The zero-order valence-corrected chi connectivity index (χ0v) is 10.2. The van der Waals surface area contributed by atoms with Gasteiger partial charge in [0.25, 0.3) is 0 Å². The predicted octanol–water partition coefficient (Wildman–Crippen LogP) is 1.39. The third-order valence-corrected chi connectivity index (χ3v) is 3.25. The maximum absolute atomic E-state index is 5.91. The molecule has 1 aromatic carbocycles. The van der Waals surface area contributed by atoms with Crippen molar-refractivity contribution in [2.24, 2.45) is 12.8 Å². The molecular weight excluding hydrogens is 226 g/mol. The molecule has 18 heavy (non-hydrogen) atoms. The van der Waals surface area contributed by atoms with Gasteiger partial charge in [0.05, 0.1) is 23.3 Å². The van der Waals surface area contributed by atoms with Crippen molar-refractivity contribution in [2.75, 3.05) is 6.54 Å². The van der Waals surface area contributed by atoms with Crippen LogP contribution in [0.15, 0.2) is 36.9 Å². The summed E-state index contributed by atoms with van der Waals surface area (Å²) in [6.45, 7) is 0.532. The number of benzene rings is 1. The third kappa shape index (κ3) is 1.69. The van der Waals surface area contributed by atoms with Crippen molar-refractivity contribution < 1.29 is 0 Å². The van der Waals surface area contributed by atoms with Crippen LogP contribution in [0.1, 0.15) is 17.3 Å². The highest BCUT2D eigenvalue weighted by molar-refractivity contribution is 5.75. The number of nitrogens with two attached hydrogens (primary N) is 1. The minimum atomic E-state index is 0.109. The van der Waals surface area contributed by atoms with E-state index in [2.05, 4.69) is 27.1 Å². The van der Waals surface area contributed by atoms with Gasteiger partial charge in [0.2, 0.25) is 0 Å². The minimum absolute atomic E-state index is 0.109. The van der Waals surface area contributed by atoms with Gasteiger partial charge in [-0.25, -0.2) is 9.97 Å². The van der Waals surface area contributed by atoms with E-state index >= 15 is 0 Å². The van der Waals surface area contributed by atoms with Gasteiger partial charge in [0.1, 0.15) is 5.82 Å². The first kappa shape index (κ1) is 11.0. The summed E-state index contributed by atoms with van der Waals surface area (Å²) in [5.41, 5.74) is 9.06. The van der Waals surface area contributed by atoms with Gasteiger partial charge >= 0.3 is 0 Å².